The highest BCUT2D eigenvalue weighted by atomic mass is 32.1. The van der Waals surface area contributed by atoms with Gasteiger partial charge in [0.2, 0.25) is 0 Å². The van der Waals surface area contributed by atoms with Crippen molar-refractivity contribution >= 4 is 17.2 Å². The maximum atomic E-state index is 14.2. The number of methoxy groups -OCH3 is 1. The summed E-state index contributed by atoms with van der Waals surface area (Å²) in [6.45, 7) is 1.17. The van der Waals surface area contributed by atoms with Gasteiger partial charge in [0.25, 0.3) is 5.91 Å². The minimum atomic E-state index is -0.376. The molecular formula is C25H22FN3O2S. The molecule has 1 fully saturated rings. The molecule has 2 aromatic heterocycles. The van der Waals surface area contributed by atoms with Crippen molar-refractivity contribution in [1.29, 1.82) is 0 Å². The standard InChI is InChI=1S/C25H22FN3O2S/c1-31-22-10-9-17(14-21(22)26)18-11-12-28(15-18)25(30)20-16-29(19-6-3-2-4-7-19)27-24(20)23-8-5-13-32-23/h2-10,13-14,16,18H,11-12,15H2,1H3. The number of ether oxygens (including phenoxy) is 1. The van der Waals surface area contributed by atoms with Crippen LogP contribution < -0.4 is 4.74 Å². The van der Waals surface area contributed by atoms with Crippen molar-refractivity contribution < 1.29 is 13.9 Å². The van der Waals surface area contributed by atoms with Crippen LogP contribution >= 0.6 is 11.3 Å². The zero-order valence-corrected chi connectivity index (χ0v) is 18.4. The van der Waals surface area contributed by atoms with Gasteiger partial charge in [0, 0.05) is 25.2 Å². The van der Waals surface area contributed by atoms with Crippen LogP contribution in [-0.4, -0.2) is 40.8 Å². The van der Waals surface area contributed by atoms with E-state index in [-0.39, 0.29) is 23.4 Å². The molecule has 5 rings (SSSR count). The lowest BCUT2D eigenvalue weighted by atomic mass is 9.98. The highest BCUT2D eigenvalue weighted by molar-refractivity contribution is 7.13. The second-order valence-corrected chi connectivity index (χ2v) is 8.73. The zero-order valence-electron chi connectivity index (χ0n) is 17.6. The Morgan fingerprint density at radius 3 is 2.72 bits per heavy atom. The summed E-state index contributed by atoms with van der Waals surface area (Å²) in [5.41, 5.74) is 3.06. The number of carbonyl (C=O) groups is 1. The van der Waals surface area contributed by atoms with Crippen LogP contribution in [0.2, 0.25) is 0 Å². The van der Waals surface area contributed by atoms with Gasteiger partial charge in [-0.3, -0.25) is 4.79 Å². The molecule has 1 aliphatic rings. The van der Waals surface area contributed by atoms with Gasteiger partial charge in [-0.1, -0.05) is 30.3 Å². The van der Waals surface area contributed by atoms with Gasteiger partial charge in [0.15, 0.2) is 11.6 Å². The molecule has 0 bridgehead atoms. The zero-order chi connectivity index (χ0) is 22.1. The number of hydrogen-bond acceptors (Lipinski definition) is 4. The molecule has 0 radical (unpaired) electrons. The molecule has 5 nitrogen and oxygen atoms in total. The Morgan fingerprint density at radius 2 is 2.00 bits per heavy atom. The molecule has 0 N–H and O–H groups in total. The van der Waals surface area contributed by atoms with Gasteiger partial charge in [-0.05, 0) is 47.7 Å². The number of para-hydroxylation sites is 1. The molecule has 0 spiro atoms. The molecule has 1 saturated heterocycles. The highest BCUT2D eigenvalue weighted by Crippen LogP contribution is 2.33. The number of hydrogen-bond donors (Lipinski definition) is 0. The average Bonchev–Trinajstić information content (AvgIpc) is 3.59. The Bertz CT molecular complexity index is 1240. The van der Waals surface area contributed by atoms with E-state index in [2.05, 4.69) is 0 Å². The first-order chi connectivity index (χ1) is 15.6. The van der Waals surface area contributed by atoms with Crippen molar-refractivity contribution in [3.8, 4) is 22.0 Å². The Balaban J connectivity index is 1.43. The van der Waals surface area contributed by atoms with Gasteiger partial charge in [0.05, 0.1) is 23.2 Å². The largest absolute Gasteiger partial charge is 0.494 e. The molecule has 32 heavy (non-hydrogen) atoms. The average molecular weight is 448 g/mol. The van der Waals surface area contributed by atoms with Crippen LogP contribution in [0.1, 0.15) is 28.3 Å². The number of likely N-dealkylation sites (tertiary alicyclic amines) is 1. The number of rotatable bonds is 5. The van der Waals surface area contributed by atoms with Crippen LogP contribution in [0.4, 0.5) is 4.39 Å². The minimum absolute atomic E-state index is 0.0490. The van der Waals surface area contributed by atoms with Gasteiger partial charge >= 0.3 is 0 Å². The van der Waals surface area contributed by atoms with Crippen LogP contribution in [0.25, 0.3) is 16.3 Å². The quantitative estimate of drug-likeness (QED) is 0.413. The van der Waals surface area contributed by atoms with Gasteiger partial charge in [-0.2, -0.15) is 5.10 Å². The Labute approximate surface area is 189 Å². The van der Waals surface area contributed by atoms with Crippen molar-refractivity contribution in [3.63, 3.8) is 0 Å². The maximum absolute atomic E-state index is 14.2. The summed E-state index contributed by atoms with van der Waals surface area (Å²) in [6, 6.07) is 18.7. The molecule has 2 aromatic carbocycles. The fraction of sp³-hybridized carbons (Fsp3) is 0.200. The smallest absolute Gasteiger partial charge is 0.257 e. The fourth-order valence-corrected chi connectivity index (χ4v) is 4.89. The summed E-state index contributed by atoms with van der Waals surface area (Å²) in [5.74, 6) is -0.103. The Kier molecular flexibility index (Phi) is 5.49. The lowest BCUT2D eigenvalue weighted by Gasteiger charge is -2.17. The molecule has 3 heterocycles. The summed E-state index contributed by atoms with van der Waals surface area (Å²) in [5, 5.41) is 6.72. The lowest BCUT2D eigenvalue weighted by molar-refractivity contribution is 0.0791. The highest BCUT2D eigenvalue weighted by Gasteiger charge is 2.31. The molecule has 1 aliphatic heterocycles. The Hall–Kier alpha value is -3.45. The van der Waals surface area contributed by atoms with Crippen molar-refractivity contribution in [2.24, 2.45) is 0 Å². The molecule has 162 valence electrons. The fourth-order valence-electron chi connectivity index (χ4n) is 4.16. The first kappa shape index (κ1) is 20.5. The molecule has 1 amide bonds. The van der Waals surface area contributed by atoms with Crippen LogP contribution in [-0.2, 0) is 0 Å². The van der Waals surface area contributed by atoms with E-state index in [9.17, 15) is 9.18 Å². The molecular weight excluding hydrogens is 425 g/mol. The number of carbonyl (C=O) groups excluding carboxylic acids is 1. The van der Waals surface area contributed by atoms with Gasteiger partial charge in [-0.15, -0.1) is 11.3 Å². The van der Waals surface area contributed by atoms with Gasteiger partial charge in [-0.25, -0.2) is 9.07 Å². The number of thiophene rings is 1. The van der Waals surface area contributed by atoms with Gasteiger partial charge < -0.3 is 9.64 Å². The summed E-state index contributed by atoms with van der Waals surface area (Å²) < 4.78 is 21.0. The van der Waals surface area contributed by atoms with Crippen LogP contribution in [0.5, 0.6) is 5.75 Å². The first-order valence-electron chi connectivity index (χ1n) is 10.5. The van der Waals surface area contributed by atoms with E-state index < -0.39 is 0 Å². The molecule has 1 atom stereocenters. The topological polar surface area (TPSA) is 47.4 Å². The third kappa shape index (κ3) is 3.80. The Morgan fingerprint density at radius 1 is 1.16 bits per heavy atom. The number of nitrogens with zero attached hydrogens (tertiary/aromatic N) is 3. The number of benzene rings is 2. The van der Waals surface area contributed by atoms with Crippen molar-refractivity contribution in [3.05, 3.63) is 89.2 Å². The third-order valence-corrected chi connectivity index (χ3v) is 6.72. The molecule has 4 aromatic rings. The van der Waals surface area contributed by atoms with E-state index in [1.54, 1.807) is 22.1 Å². The second kappa shape index (κ2) is 8.59. The van der Waals surface area contributed by atoms with Crippen molar-refractivity contribution in [1.82, 2.24) is 14.7 Å². The van der Waals surface area contributed by atoms with Crippen LogP contribution in [0, 0.1) is 5.82 Å². The summed E-state index contributed by atoms with van der Waals surface area (Å²) in [4.78, 5) is 16.3. The van der Waals surface area contributed by atoms with Crippen molar-refractivity contribution in [2.45, 2.75) is 12.3 Å². The molecule has 1 unspecified atom stereocenters. The predicted octanol–water partition coefficient (Wildman–Crippen LogP) is 5.38. The lowest BCUT2D eigenvalue weighted by Crippen LogP contribution is -2.28. The predicted molar refractivity (Wildman–Crippen MR) is 123 cm³/mol. The van der Waals surface area contributed by atoms with E-state index in [1.807, 2.05) is 65.0 Å². The van der Waals surface area contributed by atoms with Crippen molar-refractivity contribution in [2.75, 3.05) is 20.2 Å². The maximum Gasteiger partial charge on any atom is 0.257 e. The van der Waals surface area contributed by atoms with Crippen LogP contribution in [0.15, 0.2) is 72.2 Å². The monoisotopic (exact) mass is 447 g/mol. The number of amides is 1. The number of aromatic nitrogens is 2. The van der Waals surface area contributed by atoms with E-state index >= 15 is 0 Å². The summed E-state index contributed by atoms with van der Waals surface area (Å²) >= 11 is 1.56. The van der Waals surface area contributed by atoms with E-state index in [4.69, 9.17) is 9.84 Å². The van der Waals surface area contributed by atoms with Gasteiger partial charge in [0.1, 0.15) is 5.69 Å². The summed E-state index contributed by atoms with van der Waals surface area (Å²) in [7, 11) is 1.45. The van der Waals surface area contributed by atoms with E-state index in [0.717, 1.165) is 22.5 Å². The minimum Gasteiger partial charge on any atom is -0.494 e. The van der Waals surface area contributed by atoms with E-state index in [1.165, 1.54) is 13.2 Å². The van der Waals surface area contributed by atoms with E-state index in [0.29, 0.717) is 24.3 Å². The normalized spacial score (nSPS) is 15.8. The third-order valence-electron chi connectivity index (χ3n) is 5.84. The molecule has 0 saturated carbocycles. The number of halogens is 1. The second-order valence-electron chi connectivity index (χ2n) is 7.78. The first-order valence-corrected chi connectivity index (χ1v) is 11.3. The molecule has 7 heteroatoms. The SMILES string of the molecule is COc1ccc(C2CCN(C(=O)c3cn(-c4ccccc4)nc3-c3cccs3)C2)cc1F. The summed E-state index contributed by atoms with van der Waals surface area (Å²) in [6.07, 6.45) is 2.60. The molecule has 0 aliphatic carbocycles. The van der Waals surface area contributed by atoms with Crippen LogP contribution in [0.3, 0.4) is 0 Å².